The van der Waals surface area contributed by atoms with Gasteiger partial charge < -0.3 is 5.32 Å². The summed E-state index contributed by atoms with van der Waals surface area (Å²) < 4.78 is 0. The van der Waals surface area contributed by atoms with Crippen LogP contribution in [-0.4, -0.2) is 22.6 Å². The van der Waals surface area contributed by atoms with Gasteiger partial charge in [0, 0.05) is 23.6 Å². The highest BCUT2D eigenvalue weighted by atomic mass is 32.2. The third-order valence-corrected chi connectivity index (χ3v) is 4.10. The standard InChI is InChI=1S/C15H22N2O3S/c1-11(2)5-4-10-16-15(18)12(3)21-14-8-6-13(7-9-14)17(19)20/h6-9,11-12H,4-5,10H2,1-3H3,(H,16,18). The van der Waals surface area contributed by atoms with Crippen molar-refractivity contribution in [1.82, 2.24) is 5.32 Å². The molecule has 0 heterocycles. The molecule has 0 bridgehead atoms. The number of nitro benzene ring substituents is 1. The first-order valence-electron chi connectivity index (χ1n) is 7.09. The number of nitro groups is 1. The molecule has 1 aromatic carbocycles. The van der Waals surface area contributed by atoms with Gasteiger partial charge in [-0.05, 0) is 37.8 Å². The highest BCUT2D eigenvalue weighted by molar-refractivity contribution is 8.00. The van der Waals surface area contributed by atoms with Crippen molar-refractivity contribution in [3.63, 3.8) is 0 Å². The minimum absolute atomic E-state index is 0.00195. The summed E-state index contributed by atoms with van der Waals surface area (Å²) >= 11 is 1.40. The van der Waals surface area contributed by atoms with Crippen LogP contribution in [-0.2, 0) is 4.79 Å². The van der Waals surface area contributed by atoms with Crippen LogP contribution in [0.4, 0.5) is 5.69 Å². The Labute approximate surface area is 129 Å². The fraction of sp³-hybridized carbons (Fsp3) is 0.533. The van der Waals surface area contributed by atoms with Crippen molar-refractivity contribution >= 4 is 23.4 Å². The number of carbonyl (C=O) groups is 1. The first-order valence-corrected chi connectivity index (χ1v) is 7.97. The van der Waals surface area contributed by atoms with Crippen molar-refractivity contribution < 1.29 is 9.72 Å². The fourth-order valence-corrected chi connectivity index (χ4v) is 2.66. The molecule has 0 saturated heterocycles. The highest BCUT2D eigenvalue weighted by Gasteiger charge is 2.14. The van der Waals surface area contributed by atoms with Crippen LogP contribution in [0.25, 0.3) is 0 Å². The minimum Gasteiger partial charge on any atom is -0.355 e. The molecule has 1 N–H and O–H groups in total. The smallest absolute Gasteiger partial charge is 0.269 e. The number of non-ortho nitro benzene ring substituents is 1. The molecule has 0 aliphatic rings. The van der Waals surface area contributed by atoms with E-state index in [1.54, 1.807) is 12.1 Å². The van der Waals surface area contributed by atoms with E-state index in [1.165, 1.54) is 23.9 Å². The zero-order chi connectivity index (χ0) is 15.8. The molecule has 0 saturated carbocycles. The Balaban J connectivity index is 2.39. The lowest BCUT2D eigenvalue weighted by atomic mass is 10.1. The van der Waals surface area contributed by atoms with E-state index in [0.717, 1.165) is 17.7 Å². The molecule has 1 unspecified atom stereocenters. The van der Waals surface area contributed by atoms with Crippen molar-refractivity contribution in [2.24, 2.45) is 5.92 Å². The Bertz CT molecular complexity index is 474. The van der Waals surface area contributed by atoms with Crippen LogP contribution in [0.15, 0.2) is 29.2 Å². The third-order valence-electron chi connectivity index (χ3n) is 2.99. The maximum atomic E-state index is 11.9. The first-order chi connectivity index (χ1) is 9.90. The number of nitrogens with one attached hydrogen (secondary N) is 1. The molecule has 0 fully saturated rings. The number of hydrogen-bond acceptors (Lipinski definition) is 4. The Kier molecular flexibility index (Phi) is 7.22. The number of hydrogen-bond donors (Lipinski definition) is 1. The summed E-state index contributed by atoms with van der Waals surface area (Å²) in [7, 11) is 0. The van der Waals surface area contributed by atoms with Gasteiger partial charge in [0.15, 0.2) is 0 Å². The molecule has 1 rings (SSSR count). The largest absolute Gasteiger partial charge is 0.355 e. The van der Waals surface area contributed by atoms with E-state index in [4.69, 9.17) is 0 Å². The van der Waals surface area contributed by atoms with Crippen molar-refractivity contribution in [2.45, 2.75) is 43.8 Å². The van der Waals surface area contributed by atoms with E-state index in [2.05, 4.69) is 19.2 Å². The van der Waals surface area contributed by atoms with Gasteiger partial charge >= 0.3 is 0 Å². The van der Waals surface area contributed by atoms with E-state index in [-0.39, 0.29) is 16.8 Å². The lowest BCUT2D eigenvalue weighted by Gasteiger charge is -2.12. The van der Waals surface area contributed by atoms with Crippen LogP contribution >= 0.6 is 11.8 Å². The average molecular weight is 310 g/mol. The molecule has 1 atom stereocenters. The van der Waals surface area contributed by atoms with E-state index in [1.807, 2.05) is 6.92 Å². The van der Waals surface area contributed by atoms with Crippen LogP contribution in [0.3, 0.4) is 0 Å². The second-order valence-corrected chi connectivity index (χ2v) is 6.75. The molecule has 0 radical (unpaired) electrons. The first kappa shape index (κ1) is 17.5. The maximum absolute atomic E-state index is 11.9. The third kappa shape index (κ3) is 6.62. The summed E-state index contributed by atoms with van der Waals surface area (Å²) in [5.41, 5.74) is 0.0603. The van der Waals surface area contributed by atoms with E-state index < -0.39 is 4.92 Å². The average Bonchev–Trinajstić information content (AvgIpc) is 2.43. The summed E-state index contributed by atoms with van der Waals surface area (Å²) in [6.07, 6.45) is 2.09. The molecule has 0 spiro atoms. The van der Waals surface area contributed by atoms with Crippen molar-refractivity contribution in [3.8, 4) is 0 Å². The summed E-state index contributed by atoms with van der Waals surface area (Å²) in [6.45, 7) is 6.86. The zero-order valence-corrected chi connectivity index (χ0v) is 13.5. The highest BCUT2D eigenvalue weighted by Crippen LogP contribution is 2.25. The van der Waals surface area contributed by atoms with Gasteiger partial charge in [0.2, 0.25) is 5.91 Å². The van der Waals surface area contributed by atoms with Crippen LogP contribution in [0.2, 0.25) is 0 Å². The van der Waals surface area contributed by atoms with Gasteiger partial charge in [0.1, 0.15) is 0 Å². The van der Waals surface area contributed by atoms with E-state index >= 15 is 0 Å². The molecule has 6 heteroatoms. The summed E-state index contributed by atoms with van der Waals surface area (Å²) in [6, 6.07) is 6.25. The molecule has 5 nitrogen and oxygen atoms in total. The SMILES string of the molecule is CC(C)CCCNC(=O)C(C)Sc1ccc([N+](=O)[O-])cc1. The number of rotatable bonds is 8. The van der Waals surface area contributed by atoms with Gasteiger partial charge in [0.25, 0.3) is 5.69 Å². The van der Waals surface area contributed by atoms with Gasteiger partial charge in [-0.1, -0.05) is 13.8 Å². The van der Waals surface area contributed by atoms with Crippen molar-refractivity contribution in [1.29, 1.82) is 0 Å². The Hall–Kier alpha value is -1.56. The van der Waals surface area contributed by atoms with Crippen molar-refractivity contribution in [2.75, 3.05) is 6.54 Å². The van der Waals surface area contributed by atoms with E-state index in [9.17, 15) is 14.9 Å². The normalized spacial score (nSPS) is 12.2. The second-order valence-electron chi connectivity index (χ2n) is 5.34. The lowest BCUT2D eigenvalue weighted by molar-refractivity contribution is -0.384. The van der Waals surface area contributed by atoms with Gasteiger partial charge in [-0.3, -0.25) is 14.9 Å². The number of thioether (sulfide) groups is 1. The predicted molar refractivity (Wildman–Crippen MR) is 85.5 cm³/mol. The monoisotopic (exact) mass is 310 g/mol. The van der Waals surface area contributed by atoms with Gasteiger partial charge in [-0.2, -0.15) is 0 Å². The minimum atomic E-state index is -0.431. The molecule has 0 aromatic heterocycles. The van der Waals surface area contributed by atoms with Crippen molar-refractivity contribution in [3.05, 3.63) is 34.4 Å². The number of amides is 1. The summed E-state index contributed by atoms with van der Waals surface area (Å²) in [5.74, 6) is 0.649. The molecule has 1 aromatic rings. The van der Waals surface area contributed by atoms with Crippen LogP contribution in [0.5, 0.6) is 0 Å². The number of carbonyl (C=O) groups excluding carboxylic acids is 1. The zero-order valence-electron chi connectivity index (χ0n) is 12.7. The fourth-order valence-electron chi connectivity index (χ4n) is 1.77. The molecule has 116 valence electrons. The van der Waals surface area contributed by atoms with Crippen LogP contribution < -0.4 is 5.32 Å². The number of benzene rings is 1. The summed E-state index contributed by atoms with van der Waals surface area (Å²) in [5, 5.41) is 13.3. The Morgan fingerprint density at radius 1 is 1.29 bits per heavy atom. The molecular formula is C15H22N2O3S. The topological polar surface area (TPSA) is 72.2 Å². The molecule has 0 aliphatic carbocycles. The number of nitrogens with zero attached hydrogens (tertiary/aromatic N) is 1. The molecule has 1 amide bonds. The Morgan fingerprint density at radius 3 is 2.43 bits per heavy atom. The van der Waals surface area contributed by atoms with Gasteiger partial charge in [-0.25, -0.2) is 0 Å². The molecule has 21 heavy (non-hydrogen) atoms. The predicted octanol–water partition coefficient (Wildman–Crippen LogP) is 3.63. The van der Waals surface area contributed by atoms with Gasteiger partial charge in [0.05, 0.1) is 10.2 Å². The quantitative estimate of drug-likeness (QED) is 0.344. The Morgan fingerprint density at radius 2 is 1.90 bits per heavy atom. The van der Waals surface area contributed by atoms with Gasteiger partial charge in [-0.15, -0.1) is 11.8 Å². The maximum Gasteiger partial charge on any atom is 0.269 e. The van der Waals surface area contributed by atoms with E-state index in [0.29, 0.717) is 12.5 Å². The van der Waals surface area contributed by atoms with Crippen LogP contribution in [0.1, 0.15) is 33.6 Å². The molecular weight excluding hydrogens is 288 g/mol. The lowest BCUT2D eigenvalue weighted by Crippen LogP contribution is -2.31. The second kappa shape index (κ2) is 8.67. The summed E-state index contributed by atoms with van der Waals surface area (Å²) in [4.78, 5) is 22.9. The van der Waals surface area contributed by atoms with Crippen LogP contribution in [0, 0.1) is 16.0 Å². The molecule has 0 aliphatic heterocycles.